The van der Waals surface area contributed by atoms with Gasteiger partial charge in [-0.2, -0.15) is 0 Å². The van der Waals surface area contributed by atoms with Crippen molar-refractivity contribution in [2.45, 2.75) is 45.6 Å². The molecule has 1 amide bonds. The largest absolute Gasteiger partial charge is 0.444 e. The highest BCUT2D eigenvalue weighted by atomic mass is 16.6. The van der Waals surface area contributed by atoms with Crippen molar-refractivity contribution in [1.29, 1.82) is 0 Å². The van der Waals surface area contributed by atoms with Crippen molar-refractivity contribution in [2.24, 2.45) is 0 Å². The van der Waals surface area contributed by atoms with E-state index >= 15 is 0 Å². The van der Waals surface area contributed by atoms with Gasteiger partial charge in [0.15, 0.2) is 0 Å². The summed E-state index contributed by atoms with van der Waals surface area (Å²) >= 11 is 0. The molecule has 0 aliphatic carbocycles. The molecule has 1 aromatic carbocycles. The van der Waals surface area contributed by atoms with Crippen LogP contribution in [0.4, 0.5) is 4.79 Å². The number of hydrogen-bond donors (Lipinski definition) is 1. The lowest BCUT2D eigenvalue weighted by Crippen LogP contribution is -2.33. The van der Waals surface area contributed by atoms with E-state index in [0.29, 0.717) is 29.8 Å². The Morgan fingerprint density at radius 2 is 2.00 bits per heavy atom. The van der Waals surface area contributed by atoms with Gasteiger partial charge >= 0.3 is 6.09 Å². The third-order valence-electron chi connectivity index (χ3n) is 3.98. The van der Waals surface area contributed by atoms with E-state index < -0.39 is 11.7 Å². The topological polar surface area (TPSA) is 62.7 Å². The molecule has 0 saturated carbocycles. The standard InChI is InChI=1S/C19H21BN2O3/c1-19(2,3)25-18(24)22-10-13-8-16(21-9-14(13)11-22)17(23)12-5-4-6-15(20)7-12/h4-9,17,23H,10-11H2,1-3H3. The number of rotatable bonds is 2. The van der Waals surface area contributed by atoms with Crippen molar-refractivity contribution in [3.63, 3.8) is 0 Å². The zero-order valence-electron chi connectivity index (χ0n) is 14.7. The van der Waals surface area contributed by atoms with E-state index in [0.717, 1.165) is 11.1 Å². The van der Waals surface area contributed by atoms with Gasteiger partial charge in [-0.1, -0.05) is 29.7 Å². The van der Waals surface area contributed by atoms with E-state index in [1.165, 1.54) is 0 Å². The molecule has 0 spiro atoms. The second-order valence-corrected chi connectivity index (χ2v) is 7.29. The van der Waals surface area contributed by atoms with E-state index in [2.05, 4.69) is 4.98 Å². The SMILES string of the molecule is [B]c1cccc(C(O)c2cc3c(cn2)CN(C(=O)OC(C)(C)C)C3)c1. The number of pyridine rings is 1. The number of carbonyl (C=O) groups is 1. The van der Waals surface area contributed by atoms with Gasteiger partial charge < -0.3 is 9.84 Å². The summed E-state index contributed by atoms with van der Waals surface area (Å²) in [7, 11) is 5.78. The summed E-state index contributed by atoms with van der Waals surface area (Å²) in [6, 6.07) is 8.94. The second-order valence-electron chi connectivity index (χ2n) is 7.29. The summed E-state index contributed by atoms with van der Waals surface area (Å²) in [5.74, 6) is 0. The second kappa shape index (κ2) is 6.52. The number of fused-ring (bicyclic) bond motifs is 1. The van der Waals surface area contributed by atoms with Crippen LogP contribution in [0.15, 0.2) is 36.5 Å². The summed E-state index contributed by atoms with van der Waals surface area (Å²) in [4.78, 5) is 18.2. The predicted octanol–water partition coefficient (Wildman–Crippen LogP) is 2.21. The van der Waals surface area contributed by atoms with Crippen molar-refractivity contribution in [1.82, 2.24) is 9.88 Å². The Hall–Kier alpha value is -2.34. The maximum atomic E-state index is 12.2. The normalized spacial score (nSPS) is 15.0. The van der Waals surface area contributed by atoms with Crippen molar-refractivity contribution in [2.75, 3.05) is 0 Å². The smallest absolute Gasteiger partial charge is 0.410 e. The quantitative estimate of drug-likeness (QED) is 0.854. The Bertz CT molecular complexity index is 801. The van der Waals surface area contributed by atoms with Gasteiger partial charge in [0.25, 0.3) is 0 Å². The van der Waals surface area contributed by atoms with Gasteiger partial charge in [-0.15, -0.1) is 0 Å². The fraction of sp³-hybridized carbons (Fsp3) is 0.368. The molecule has 6 heteroatoms. The molecule has 25 heavy (non-hydrogen) atoms. The van der Waals surface area contributed by atoms with Crippen LogP contribution < -0.4 is 5.46 Å². The molecule has 1 N–H and O–H groups in total. The van der Waals surface area contributed by atoms with Crippen LogP contribution in [-0.4, -0.2) is 34.5 Å². The Morgan fingerprint density at radius 3 is 2.68 bits per heavy atom. The minimum atomic E-state index is -0.857. The van der Waals surface area contributed by atoms with Crippen molar-refractivity contribution >= 4 is 19.4 Å². The average Bonchev–Trinajstić information content (AvgIpc) is 2.96. The van der Waals surface area contributed by atoms with Crippen LogP contribution in [0.25, 0.3) is 0 Å². The molecule has 5 nitrogen and oxygen atoms in total. The first-order valence-electron chi connectivity index (χ1n) is 8.22. The summed E-state index contributed by atoms with van der Waals surface area (Å²) in [6.45, 7) is 6.44. The molecule has 2 heterocycles. The lowest BCUT2D eigenvalue weighted by Gasteiger charge is -2.24. The zero-order chi connectivity index (χ0) is 18.2. The van der Waals surface area contributed by atoms with Gasteiger partial charge in [-0.3, -0.25) is 9.88 Å². The van der Waals surface area contributed by atoms with Crippen LogP contribution in [0.3, 0.4) is 0 Å². The number of amides is 1. The molecule has 1 atom stereocenters. The first kappa shape index (κ1) is 17.5. The molecule has 2 radical (unpaired) electrons. The third-order valence-corrected chi connectivity index (χ3v) is 3.98. The summed E-state index contributed by atoms with van der Waals surface area (Å²) in [5.41, 5.74) is 3.23. The molecular weight excluding hydrogens is 315 g/mol. The van der Waals surface area contributed by atoms with Gasteiger partial charge in [0, 0.05) is 12.7 Å². The van der Waals surface area contributed by atoms with Crippen LogP contribution >= 0.6 is 0 Å². The van der Waals surface area contributed by atoms with Crippen LogP contribution in [-0.2, 0) is 17.8 Å². The van der Waals surface area contributed by atoms with E-state index in [1.54, 1.807) is 29.3 Å². The molecule has 128 valence electrons. The Morgan fingerprint density at radius 1 is 1.28 bits per heavy atom. The maximum Gasteiger partial charge on any atom is 0.410 e. The minimum Gasteiger partial charge on any atom is -0.444 e. The molecule has 2 aromatic rings. The van der Waals surface area contributed by atoms with E-state index in [-0.39, 0.29) is 6.09 Å². The monoisotopic (exact) mass is 336 g/mol. The number of aliphatic hydroxyl groups is 1. The number of aliphatic hydroxyl groups excluding tert-OH is 1. The third kappa shape index (κ3) is 4.02. The minimum absolute atomic E-state index is 0.346. The lowest BCUT2D eigenvalue weighted by atomic mass is 9.92. The lowest BCUT2D eigenvalue weighted by molar-refractivity contribution is 0.0242. The average molecular weight is 336 g/mol. The van der Waals surface area contributed by atoms with Gasteiger partial charge in [-0.05, 0) is 43.5 Å². The molecule has 1 aromatic heterocycles. The Balaban J connectivity index is 1.77. The van der Waals surface area contributed by atoms with Gasteiger partial charge in [-0.25, -0.2) is 4.79 Å². The molecule has 0 fully saturated rings. The molecule has 3 rings (SSSR count). The fourth-order valence-electron chi connectivity index (χ4n) is 2.81. The highest BCUT2D eigenvalue weighted by molar-refractivity contribution is 6.32. The number of nitrogens with zero attached hydrogens (tertiary/aromatic N) is 2. The van der Waals surface area contributed by atoms with Crippen LogP contribution in [0.5, 0.6) is 0 Å². The van der Waals surface area contributed by atoms with Crippen LogP contribution in [0, 0.1) is 0 Å². The summed E-state index contributed by atoms with van der Waals surface area (Å²) in [5, 5.41) is 10.6. The molecule has 1 aliphatic rings. The Kier molecular flexibility index (Phi) is 4.56. The number of ether oxygens (including phenoxy) is 1. The van der Waals surface area contributed by atoms with E-state index in [9.17, 15) is 9.90 Å². The summed E-state index contributed by atoms with van der Waals surface area (Å²) in [6.07, 6.45) is 0.510. The molecular formula is C19H21BN2O3. The van der Waals surface area contributed by atoms with Gasteiger partial charge in [0.2, 0.25) is 0 Å². The zero-order valence-corrected chi connectivity index (χ0v) is 14.7. The Labute approximate surface area is 149 Å². The maximum absolute atomic E-state index is 12.2. The van der Waals surface area contributed by atoms with Crippen molar-refractivity contribution < 1.29 is 14.6 Å². The van der Waals surface area contributed by atoms with Crippen LogP contribution in [0.2, 0.25) is 0 Å². The highest BCUT2D eigenvalue weighted by Gasteiger charge is 2.28. The van der Waals surface area contributed by atoms with E-state index in [1.807, 2.05) is 32.9 Å². The van der Waals surface area contributed by atoms with Crippen molar-refractivity contribution in [3.8, 4) is 0 Å². The number of benzene rings is 1. The summed E-state index contributed by atoms with van der Waals surface area (Å²) < 4.78 is 5.42. The number of carbonyl (C=O) groups excluding carboxylic acids is 1. The number of aromatic nitrogens is 1. The van der Waals surface area contributed by atoms with Gasteiger partial charge in [0.1, 0.15) is 19.6 Å². The van der Waals surface area contributed by atoms with Gasteiger partial charge in [0.05, 0.1) is 12.2 Å². The molecule has 0 saturated heterocycles. The number of hydrogen-bond acceptors (Lipinski definition) is 4. The van der Waals surface area contributed by atoms with E-state index in [4.69, 9.17) is 12.6 Å². The predicted molar refractivity (Wildman–Crippen MR) is 95.6 cm³/mol. The molecule has 0 bridgehead atoms. The fourth-order valence-corrected chi connectivity index (χ4v) is 2.81. The first-order valence-corrected chi connectivity index (χ1v) is 8.22. The molecule has 1 unspecified atom stereocenters. The van der Waals surface area contributed by atoms with Crippen LogP contribution in [0.1, 0.15) is 49.3 Å². The van der Waals surface area contributed by atoms with Crippen molar-refractivity contribution in [3.05, 3.63) is 58.9 Å². The highest BCUT2D eigenvalue weighted by Crippen LogP contribution is 2.28. The first-order chi connectivity index (χ1) is 11.7. The molecule has 1 aliphatic heterocycles.